The summed E-state index contributed by atoms with van der Waals surface area (Å²) in [6.07, 6.45) is 1.81. The van der Waals surface area contributed by atoms with E-state index in [1.54, 1.807) is 14.2 Å². The molecule has 1 heterocycles. The zero-order valence-electron chi connectivity index (χ0n) is 14.8. The second kappa shape index (κ2) is 8.38. The van der Waals surface area contributed by atoms with Gasteiger partial charge in [0.05, 0.1) is 19.9 Å². The van der Waals surface area contributed by atoms with Gasteiger partial charge in [-0.3, -0.25) is 9.48 Å². The van der Waals surface area contributed by atoms with Gasteiger partial charge in [-0.25, -0.2) is 0 Å². The van der Waals surface area contributed by atoms with Crippen LogP contribution in [0.2, 0.25) is 0 Å². The summed E-state index contributed by atoms with van der Waals surface area (Å²) in [7, 11) is 3.24. The molecule has 130 valence electrons. The van der Waals surface area contributed by atoms with Crippen LogP contribution in [-0.4, -0.2) is 36.5 Å². The quantitative estimate of drug-likeness (QED) is 0.807. The Kier molecular flexibility index (Phi) is 6.23. The summed E-state index contributed by atoms with van der Waals surface area (Å²) in [4.78, 5) is 12.2. The molecule has 0 aliphatic carbocycles. The van der Waals surface area contributed by atoms with Crippen LogP contribution in [0.25, 0.3) is 11.3 Å². The minimum atomic E-state index is -0.152. The van der Waals surface area contributed by atoms with Gasteiger partial charge >= 0.3 is 0 Å². The van der Waals surface area contributed by atoms with Crippen molar-refractivity contribution in [2.75, 3.05) is 20.8 Å². The third-order valence-corrected chi connectivity index (χ3v) is 3.67. The lowest BCUT2D eigenvalue weighted by molar-refractivity contribution is 0.0948. The first-order chi connectivity index (χ1) is 11.6. The van der Waals surface area contributed by atoms with Gasteiger partial charge in [-0.15, -0.1) is 0 Å². The average Bonchev–Trinajstić information content (AvgIpc) is 3.03. The molecule has 1 N–H and O–H groups in total. The van der Waals surface area contributed by atoms with E-state index in [-0.39, 0.29) is 5.91 Å². The van der Waals surface area contributed by atoms with E-state index in [0.717, 1.165) is 36.4 Å². The fourth-order valence-electron chi connectivity index (χ4n) is 2.47. The van der Waals surface area contributed by atoms with Crippen LogP contribution in [0, 0.1) is 0 Å². The summed E-state index contributed by atoms with van der Waals surface area (Å²) in [6, 6.07) is 7.44. The Morgan fingerprint density at radius 3 is 2.58 bits per heavy atom. The fraction of sp³-hybridized carbons (Fsp3) is 0.444. The summed E-state index contributed by atoms with van der Waals surface area (Å²) >= 11 is 0. The van der Waals surface area contributed by atoms with Crippen LogP contribution in [0.4, 0.5) is 0 Å². The first kappa shape index (κ1) is 17.8. The van der Waals surface area contributed by atoms with Crippen molar-refractivity contribution in [1.29, 1.82) is 0 Å². The molecule has 0 bridgehead atoms. The van der Waals surface area contributed by atoms with E-state index < -0.39 is 0 Å². The van der Waals surface area contributed by atoms with E-state index in [1.807, 2.05) is 35.9 Å². The highest BCUT2D eigenvalue weighted by molar-refractivity contribution is 5.93. The minimum absolute atomic E-state index is 0.152. The molecule has 0 saturated carbocycles. The molecule has 0 fully saturated rings. The first-order valence-electron chi connectivity index (χ1n) is 8.23. The van der Waals surface area contributed by atoms with E-state index >= 15 is 0 Å². The third-order valence-electron chi connectivity index (χ3n) is 3.67. The maximum atomic E-state index is 12.2. The smallest absolute Gasteiger partial charge is 0.271 e. The summed E-state index contributed by atoms with van der Waals surface area (Å²) < 4.78 is 12.6. The zero-order valence-corrected chi connectivity index (χ0v) is 14.8. The predicted molar refractivity (Wildman–Crippen MR) is 93.7 cm³/mol. The predicted octanol–water partition coefficient (Wildman–Crippen LogP) is 3.12. The number of hydrogen-bond acceptors (Lipinski definition) is 4. The van der Waals surface area contributed by atoms with Gasteiger partial charge in [0.2, 0.25) is 0 Å². The summed E-state index contributed by atoms with van der Waals surface area (Å²) in [6.45, 7) is 5.46. The number of nitrogens with zero attached hydrogens (tertiary/aromatic N) is 2. The number of carbonyl (C=O) groups is 1. The lowest BCUT2D eigenvalue weighted by Crippen LogP contribution is -2.24. The maximum Gasteiger partial charge on any atom is 0.271 e. The van der Waals surface area contributed by atoms with Gasteiger partial charge in [0.15, 0.2) is 5.69 Å². The van der Waals surface area contributed by atoms with Gasteiger partial charge in [-0.2, -0.15) is 5.10 Å². The number of amides is 1. The monoisotopic (exact) mass is 331 g/mol. The molecule has 0 aliphatic heterocycles. The molecule has 6 heteroatoms. The largest absolute Gasteiger partial charge is 0.497 e. The molecule has 1 amide bonds. The number of carbonyl (C=O) groups excluding carboxylic acids is 1. The van der Waals surface area contributed by atoms with E-state index in [2.05, 4.69) is 17.3 Å². The SMILES string of the molecule is CCCNC(=O)c1cc(-c2ccc(OC)cc2OC)n(CCC)n1. The molecule has 0 aliphatic rings. The topological polar surface area (TPSA) is 65.4 Å². The number of benzene rings is 1. The fourth-order valence-corrected chi connectivity index (χ4v) is 2.47. The van der Waals surface area contributed by atoms with Gasteiger partial charge in [-0.05, 0) is 31.0 Å². The van der Waals surface area contributed by atoms with Crippen molar-refractivity contribution in [3.8, 4) is 22.8 Å². The van der Waals surface area contributed by atoms with Crippen molar-refractivity contribution in [1.82, 2.24) is 15.1 Å². The van der Waals surface area contributed by atoms with Crippen molar-refractivity contribution in [2.45, 2.75) is 33.2 Å². The number of nitrogens with one attached hydrogen (secondary N) is 1. The Labute approximate surface area is 142 Å². The maximum absolute atomic E-state index is 12.2. The molecule has 2 aromatic rings. The van der Waals surface area contributed by atoms with Crippen LogP contribution in [0.1, 0.15) is 37.2 Å². The molecular formula is C18H25N3O3. The minimum Gasteiger partial charge on any atom is -0.497 e. The molecule has 24 heavy (non-hydrogen) atoms. The number of aryl methyl sites for hydroxylation is 1. The standard InChI is InChI=1S/C18H25N3O3/c1-5-9-19-18(22)15-12-16(21(20-15)10-6-2)14-8-7-13(23-3)11-17(14)24-4/h7-8,11-12H,5-6,9-10H2,1-4H3,(H,19,22). The molecule has 6 nitrogen and oxygen atoms in total. The van der Waals surface area contributed by atoms with Crippen LogP contribution in [0.3, 0.4) is 0 Å². The number of rotatable bonds is 8. The van der Waals surface area contributed by atoms with Crippen molar-refractivity contribution in [2.24, 2.45) is 0 Å². The first-order valence-corrected chi connectivity index (χ1v) is 8.23. The van der Waals surface area contributed by atoms with Gasteiger partial charge in [0.1, 0.15) is 11.5 Å². The van der Waals surface area contributed by atoms with E-state index in [4.69, 9.17) is 9.47 Å². The molecule has 0 saturated heterocycles. The van der Waals surface area contributed by atoms with Crippen LogP contribution in [0.15, 0.2) is 24.3 Å². The Hall–Kier alpha value is -2.50. The molecular weight excluding hydrogens is 306 g/mol. The normalized spacial score (nSPS) is 10.5. The lowest BCUT2D eigenvalue weighted by atomic mass is 10.1. The average molecular weight is 331 g/mol. The number of ether oxygens (including phenoxy) is 2. The Balaban J connectivity index is 2.45. The van der Waals surface area contributed by atoms with Gasteiger partial charge in [-0.1, -0.05) is 13.8 Å². The number of hydrogen-bond donors (Lipinski definition) is 1. The summed E-state index contributed by atoms with van der Waals surface area (Å²) in [5, 5.41) is 7.33. The molecule has 0 radical (unpaired) electrons. The van der Waals surface area contributed by atoms with Crippen LogP contribution >= 0.6 is 0 Å². The van der Waals surface area contributed by atoms with Crippen molar-refractivity contribution in [3.63, 3.8) is 0 Å². The van der Waals surface area contributed by atoms with E-state index in [1.165, 1.54) is 0 Å². The van der Waals surface area contributed by atoms with Crippen LogP contribution in [-0.2, 0) is 6.54 Å². The highest BCUT2D eigenvalue weighted by Crippen LogP contribution is 2.33. The highest BCUT2D eigenvalue weighted by atomic mass is 16.5. The van der Waals surface area contributed by atoms with Crippen molar-refractivity contribution >= 4 is 5.91 Å². The molecule has 0 unspecified atom stereocenters. The van der Waals surface area contributed by atoms with E-state index in [9.17, 15) is 4.79 Å². The highest BCUT2D eigenvalue weighted by Gasteiger charge is 2.18. The third kappa shape index (κ3) is 3.88. The van der Waals surface area contributed by atoms with Crippen LogP contribution < -0.4 is 14.8 Å². The molecule has 1 aromatic carbocycles. The molecule has 0 spiro atoms. The Morgan fingerprint density at radius 2 is 1.96 bits per heavy atom. The molecule has 0 atom stereocenters. The second-order valence-corrected chi connectivity index (χ2v) is 5.46. The van der Waals surface area contributed by atoms with E-state index in [0.29, 0.717) is 18.0 Å². The van der Waals surface area contributed by atoms with Crippen molar-refractivity contribution in [3.05, 3.63) is 30.0 Å². The summed E-state index contributed by atoms with van der Waals surface area (Å²) in [5.41, 5.74) is 2.16. The Bertz CT molecular complexity index is 695. The van der Waals surface area contributed by atoms with Crippen molar-refractivity contribution < 1.29 is 14.3 Å². The molecule has 1 aromatic heterocycles. The zero-order chi connectivity index (χ0) is 17.5. The van der Waals surface area contributed by atoms with Gasteiger partial charge < -0.3 is 14.8 Å². The number of aromatic nitrogens is 2. The Morgan fingerprint density at radius 1 is 1.17 bits per heavy atom. The van der Waals surface area contributed by atoms with Crippen LogP contribution in [0.5, 0.6) is 11.5 Å². The number of methoxy groups -OCH3 is 2. The summed E-state index contributed by atoms with van der Waals surface area (Å²) in [5.74, 6) is 1.26. The lowest BCUT2D eigenvalue weighted by Gasteiger charge is -2.11. The van der Waals surface area contributed by atoms with Gasteiger partial charge in [0.25, 0.3) is 5.91 Å². The van der Waals surface area contributed by atoms with Gasteiger partial charge in [0, 0.05) is 24.7 Å². The second-order valence-electron chi connectivity index (χ2n) is 5.46. The molecule has 2 rings (SSSR count).